The minimum atomic E-state index is -4.64. The molecule has 0 fully saturated rings. The molecule has 5 nitrogen and oxygen atoms in total. The number of nitrogens with two attached hydrogens (primary N) is 2. The summed E-state index contributed by atoms with van der Waals surface area (Å²) < 4.78 is 39.5. The van der Waals surface area contributed by atoms with Gasteiger partial charge in [-0.3, -0.25) is 0 Å². The lowest BCUT2D eigenvalue weighted by Crippen LogP contribution is -2.11. The average molecular weight is 358 g/mol. The van der Waals surface area contributed by atoms with Gasteiger partial charge in [-0.05, 0) is 6.07 Å². The molecular formula is C12H7BrF3N5. The smallest absolute Gasteiger partial charge is 0.382 e. The highest BCUT2D eigenvalue weighted by molar-refractivity contribution is 9.10. The molecule has 2 rings (SSSR count). The van der Waals surface area contributed by atoms with Gasteiger partial charge in [-0.25, -0.2) is 4.98 Å². The van der Waals surface area contributed by atoms with E-state index in [1.807, 2.05) is 0 Å². The van der Waals surface area contributed by atoms with Gasteiger partial charge in [0.15, 0.2) is 0 Å². The highest BCUT2D eigenvalue weighted by atomic mass is 79.9. The van der Waals surface area contributed by atoms with Crippen LogP contribution in [0.15, 0.2) is 22.7 Å². The summed E-state index contributed by atoms with van der Waals surface area (Å²) in [4.78, 5) is 7.31. The lowest BCUT2D eigenvalue weighted by atomic mass is 10.0. The fourth-order valence-electron chi connectivity index (χ4n) is 1.81. The standard InChI is InChI=1S/C12H7BrF3N5/c13-7-3-1-2-5(8(7)12(14,15)16)9-6(4-17)10(18)21-11(19)20-9/h1-3H,(H4,18,19,20,21). The first-order chi connectivity index (χ1) is 9.75. The van der Waals surface area contributed by atoms with Crippen LogP contribution in [0.2, 0.25) is 0 Å². The van der Waals surface area contributed by atoms with Crippen molar-refractivity contribution >= 4 is 27.7 Å². The number of rotatable bonds is 1. The number of nitriles is 1. The minimum absolute atomic E-state index is 0.174. The zero-order valence-electron chi connectivity index (χ0n) is 10.2. The van der Waals surface area contributed by atoms with E-state index in [-0.39, 0.29) is 33.1 Å². The Labute approximate surface area is 125 Å². The number of anilines is 2. The van der Waals surface area contributed by atoms with Gasteiger partial charge >= 0.3 is 6.18 Å². The van der Waals surface area contributed by atoms with Crippen molar-refractivity contribution in [3.63, 3.8) is 0 Å². The van der Waals surface area contributed by atoms with Crippen molar-refractivity contribution in [2.24, 2.45) is 0 Å². The molecule has 0 aliphatic heterocycles. The summed E-state index contributed by atoms with van der Waals surface area (Å²) in [6, 6.07) is 5.53. The molecule has 1 heterocycles. The van der Waals surface area contributed by atoms with E-state index < -0.39 is 11.7 Å². The quantitative estimate of drug-likeness (QED) is 0.816. The summed E-state index contributed by atoms with van der Waals surface area (Å²) in [6.07, 6.45) is -4.64. The second-order valence-electron chi connectivity index (χ2n) is 3.96. The molecule has 2 aromatic rings. The molecule has 0 radical (unpaired) electrons. The van der Waals surface area contributed by atoms with Gasteiger partial charge < -0.3 is 11.5 Å². The van der Waals surface area contributed by atoms with Crippen molar-refractivity contribution in [3.8, 4) is 17.3 Å². The zero-order valence-corrected chi connectivity index (χ0v) is 11.8. The Kier molecular flexibility index (Phi) is 3.74. The zero-order chi connectivity index (χ0) is 15.8. The maximum absolute atomic E-state index is 13.2. The molecule has 0 unspecified atom stereocenters. The topological polar surface area (TPSA) is 102 Å². The van der Waals surface area contributed by atoms with Gasteiger partial charge in [-0.15, -0.1) is 0 Å². The van der Waals surface area contributed by atoms with Gasteiger partial charge in [0, 0.05) is 10.0 Å². The van der Waals surface area contributed by atoms with Gasteiger partial charge in [-0.2, -0.15) is 23.4 Å². The Morgan fingerprint density at radius 1 is 1.19 bits per heavy atom. The normalized spacial score (nSPS) is 11.2. The molecule has 0 amide bonds. The van der Waals surface area contributed by atoms with Crippen molar-refractivity contribution in [1.29, 1.82) is 5.26 Å². The van der Waals surface area contributed by atoms with Gasteiger partial charge in [0.1, 0.15) is 17.5 Å². The van der Waals surface area contributed by atoms with Crippen LogP contribution in [0, 0.1) is 11.3 Å². The largest absolute Gasteiger partial charge is 0.418 e. The summed E-state index contributed by atoms with van der Waals surface area (Å²) >= 11 is 2.85. The van der Waals surface area contributed by atoms with E-state index in [2.05, 4.69) is 25.9 Å². The molecule has 4 N–H and O–H groups in total. The summed E-state index contributed by atoms with van der Waals surface area (Å²) in [6.45, 7) is 0. The Hall–Kier alpha value is -2.34. The summed E-state index contributed by atoms with van der Waals surface area (Å²) in [5.41, 5.74) is 9.17. The van der Waals surface area contributed by atoms with Crippen LogP contribution in [0.25, 0.3) is 11.3 Å². The van der Waals surface area contributed by atoms with E-state index in [9.17, 15) is 13.2 Å². The van der Waals surface area contributed by atoms with E-state index in [0.29, 0.717) is 0 Å². The molecule has 108 valence electrons. The second-order valence-corrected chi connectivity index (χ2v) is 4.82. The third kappa shape index (κ3) is 2.75. The van der Waals surface area contributed by atoms with Gasteiger partial charge in [0.25, 0.3) is 0 Å². The second kappa shape index (κ2) is 5.21. The van der Waals surface area contributed by atoms with Crippen LogP contribution in [-0.2, 0) is 6.18 Å². The number of nitrogens with zero attached hydrogens (tertiary/aromatic N) is 3. The lowest BCUT2D eigenvalue weighted by Gasteiger charge is -2.15. The molecule has 0 saturated heterocycles. The van der Waals surface area contributed by atoms with Gasteiger partial charge in [0.05, 0.1) is 11.3 Å². The number of halogens is 4. The third-order valence-corrected chi connectivity index (χ3v) is 3.28. The van der Waals surface area contributed by atoms with E-state index in [1.54, 1.807) is 6.07 Å². The summed E-state index contributed by atoms with van der Waals surface area (Å²) in [7, 11) is 0. The molecule has 0 saturated carbocycles. The van der Waals surface area contributed by atoms with E-state index in [1.165, 1.54) is 18.2 Å². The van der Waals surface area contributed by atoms with Crippen LogP contribution in [0.4, 0.5) is 24.9 Å². The van der Waals surface area contributed by atoms with Crippen LogP contribution in [0.3, 0.4) is 0 Å². The Balaban J connectivity index is 2.87. The number of alkyl halides is 3. The molecule has 1 aromatic carbocycles. The molecule has 0 bridgehead atoms. The van der Waals surface area contributed by atoms with Crippen molar-refractivity contribution in [1.82, 2.24) is 9.97 Å². The number of hydrogen-bond acceptors (Lipinski definition) is 5. The van der Waals surface area contributed by atoms with Crippen molar-refractivity contribution < 1.29 is 13.2 Å². The summed E-state index contributed by atoms with van der Waals surface area (Å²) in [5, 5.41) is 9.07. The average Bonchev–Trinajstić information content (AvgIpc) is 2.36. The highest BCUT2D eigenvalue weighted by Crippen LogP contribution is 2.42. The maximum Gasteiger partial charge on any atom is 0.418 e. The number of hydrogen-bond donors (Lipinski definition) is 2. The molecular weight excluding hydrogens is 351 g/mol. The number of benzene rings is 1. The Morgan fingerprint density at radius 2 is 1.86 bits per heavy atom. The minimum Gasteiger partial charge on any atom is -0.382 e. The van der Waals surface area contributed by atoms with Crippen LogP contribution >= 0.6 is 15.9 Å². The molecule has 0 aliphatic carbocycles. The number of aromatic nitrogens is 2. The SMILES string of the molecule is N#Cc1c(N)nc(N)nc1-c1cccc(Br)c1C(F)(F)F. The van der Waals surface area contributed by atoms with E-state index in [0.717, 1.165) is 0 Å². The lowest BCUT2D eigenvalue weighted by molar-refractivity contribution is -0.137. The van der Waals surface area contributed by atoms with Crippen LogP contribution in [0.5, 0.6) is 0 Å². The highest BCUT2D eigenvalue weighted by Gasteiger charge is 2.37. The first-order valence-corrected chi connectivity index (χ1v) is 6.24. The fraction of sp³-hybridized carbons (Fsp3) is 0.0833. The molecule has 0 aliphatic rings. The van der Waals surface area contributed by atoms with E-state index in [4.69, 9.17) is 16.7 Å². The predicted molar refractivity (Wildman–Crippen MR) is 73.7 cm³/mol. The monoisotopic (exact) mass is 357 g/mol. The van der Waals surface area contributed by atoms with E-state index >= 15 is 0 Å². The predicted octanol–water partition coefficient (Wildman–Crippen LogP) is 2.96. The Morgan fingerprint density at radius 3 is 2.43 bits per heavy atom. The fourth-order valence-corrected chi connectivity index (χ4v) is 2.40. The molecule has 0 spiro atoms. The molecule has 9 heteroatoms. The first kappa shape index (κ1) is 15.1. The van der Waals surface area contributed by atoms with Crippen molar-refractivity contribution in [2.75, 3.05) is 11.5 Å². The van der Waals surface area contributed by atoms with Crippen LogP contribution in [-0.4, -0.2) is 9.97 Å². The van der Waals surface area contributed by atoms with Gasteiger partial charge in [-0.1, -0.05) is 28.1 Å². The molecule has 1 aromatic heterocycles. The third-order valence-electron chi connectivity index (χ3n) is 2.62. The maximum atomic E-state index is 13.2. The van der Waals surface area contributed by atoms with Crippen LogP contribution in [0.1, 0.15) is 11.1 Å². The Bertz CT molecular complexity index is 752. The number of nitrogen functional groups attached to an aromatic ring is 2. The summed E-state index contributed by atoms with van der Waals surface area (Å²) in [5.74, 6) is -0.581. The van der Waals surface area contributed by atoms with Crippen molar-refractivity contribution in [3.05, 3.63) is 33.8 Å². The molecule has 21 heavy (non-hydrogen) atoms. The molecule has 0 atom stereocenters. The van der Waals surface area contributed by atoms with Crippen molar-refractivity contribution in [2.45, 2.75) is 6.18 Å². The first-order valence-electron chi connectivity index (χ1n) is 5.45. The van der Waals surface area contributed by atoms with Gasteiger partial charge in [0.2, 0.25) is 5.95 Å². The van der Waals surface area contributed by atoms with Crippen LogP contribution < -0.4 is 11.5 Å².